The molecule has 0 saturated carbocycles. The van der Waals surface area contributed by atoms with Gasteiger partial charge in [0.1, 0.15) is 0 Å². The molecule has 0 spiro atoms. The molecule has 2 saturated heterocycles. The number of hydrogen-bond acceptors (Lipinski definition) is 5. The van der Waals surface area contributed by atoms with Gasteiger partial charge >= 0.3 is 0 Å². The third-order valence-corrected chi connectivity index (χ3v) is 8.47. The molecule has 2 fully saturated rings. The summed E-state index contributed by atoms with van der Waals surface area (Å²) in [6, 6.07) is 8.50. The Bertz CT molecular complexity index is 924. The molecule has 2 aliphatic heterocycles. The van der Waals surface area contributed by atoms with Crippen LogP contribution < -0.4 is 0 Å². The molecule has 2 aliphatic rings. The molecular formula is C19H26N2O3S2. The van der Waals surface area contributed by atoms with Crippen LogP contribution in [0.5, 0.6) is 0 Å². The van der Waals surface area contributed by atoms with Gasteiger partial charge in [-0.2, -0.15) is 0 Å². The fraction of sp³-hybridized carbons (Fsp3) is 0.579. The third kappa shape index (κ3) is 3.31. The van der Waals surface area contributed by atoms with Crippen LogP contribution in [0.3, 0.4) is 0 Å². The van der Waals surface area contributed by atoms with E-state index in [1.807, 2.05) is 11.3 Å². The normalized spacial score (nSPS) is 28.3. The number of thiophene rings is 1. The fourth-order valence-corrected chi connectivity index (χ4v) is 6.38. The lowest BCUT2D eigenvalue weighted by Gasteiger charge is -2.49. The Morgan fingerprint density at radius 2 is 1.96 bits per heavy atom. The van der Waals surface area contributed by atoms with Crippen molar-refractivity contribution in [3.63, 3.8) is 0 Å². The Labute approximate surface area is 159 Å². The van der Waals surface area contributed by atoms with Crippen LogP contribution in [0.4, 0.5) is 0 Å². The van der Waals surface area contributed by atoms with Gasteiger partial charge in [0.15, 0.2) is 0 Å². The van der Waals surface area contributed by atoms with Crippen molar-refractivity contribution in [3.8, 4) is 0 Å². The van der Waals surface area contributed by atoms with Crippen LogP contribution in [0.25, 0.3) is 10.1 Å². The van der Waals surface area contributed by atoms with Gasteiger partial charge in [-0.05, 0) is 36.8 Å². The zero-order valence-corrected chi connectivity index (χ0v) is 16.9. The molecule has 7 heteroatoms. The molecule has 0 unspecified atom stereocenters. The van der Waals surface area contributed by atoms with Gasteiger partial charge in [-0.3, -0.25) is 4.90 Å². The number of benzene rings is 1. The van der Waals surface area contributed by atoms with Gasteiger partial charge in [-0.1, -0.05) is 18.2 Å². The van der Waals surface area contributed by atoms with Crippen LogP contribution in [0, 0.1) is 12.8 Å². The Kier molecular flexibility index (Phi) is 4.64. The van der Waals surface area contributed by atoms with Crippen molar-refractivity contribution in [1.29, 1.82) is 0 Å². The largest absolute Gasteiger partial charge is 0.389 e. The zero-order valence-electron chi connectivity index (χ0n) is 15.3. The van der Waals surface area contributed by atoms with Crippen molar-refractivity contribution in [1.82, 2.24) is 9.21 Å². The van der Waals surface area contributed by atoms with Crippen LogP contribution in [-0.4, -0.2) is 60.8 Å². The Hall–Kier alpha value is -0.990. The molecule has 0 amide bonds. The van der Waals surface area contributed by atoms with Crippen molar-refractivity contribution >= 4 is 31.4 Å². The molecule has 2 aromatic rings. The Balaban J connectivity index is 1.54. The summed E-state index contributed by atoms with van der Waals surface area (Å²) in [5.74, 6) is -0.0232. The summed E-state index contributed by atoms with van der Waals surface area (Å²) in [6.45, 7) is 5.49. The first kappa shape index (κ1) is 18.4. The summed E-state index contributed by atoms with van der Waals surface area (Å²) < 4.78 is 26.7. The monoisotopic (exact) mass is 394 g/mol. The van der Waals surface area contributed by atoms with Gasteiger partial charge in [0.25, 0.3) is 0 Å². The summed E-state index contributed by atoms with van der Waals surface area (Å²) in [6.07, 6.45) is 2.52. The van der Waals surface area contributed by atoms with Crippen LogP contribution >= 0.6 is 11.3 Å². The van der Waals surface area contributed by atoms with Gasteiger partial charge < -0.3 is 5.11 Å². The van der Waals surface area contributed by atoms with Crippen LogP contribution in [0.2, 0.25) is 0 Å². The highest BCUT2D eigenvalue weighted by Crippen LogP contribution is 2.38. The predicted octanol–water partition coefficient (Wildman–Crippen LogP) is 2.43. The minimum Gasteiger partial charge on any atom is -0.389 e. The first-order valence-electron chi connectivity index (χ1n) is 9.13. The Morgan fingerprint density at radius 1 is 1.23 bits per heavy atom. The number of sulfonamides is 1. The smallest absolute Gasteiger partial charge is 0.211 e. The highest BCUT2D eigenvalue weighted by Gasteiger charge is 2.46. The van der Waals surface area contributed by atoms with E-state index in [1.165, 1.54) is 31.1 Å². The Morgan fingerprint density at radius 3 is 2.73 bits per heavy atom. The average molecular weight is 395 g/mol. The molecule has 1 aromatic heterocycles. The van der Waals surface area contributed by atoms with E-state index in [0.29, 0.717) is 19.5 Å². The fourth-order valence-electron chi connectivity index (χ4n) is 4.43. The quantitative estimate of drug-likeness (QED) is 0.869. The standard InChI is InChI=1S/C19H26N2O3S2/c1-14-17(16-5-3-4-6-18(16)25-14)13-20-9-7-19(22)8-10-21(26(2,23)24)12-15(19)11-20/h3-6,15,22H,7-13H2,1-2H3/t15-,19-/m1/s1. The molecule has 5 nitrogen and oxygen atoms in total. The number of fused-ring (bicyclic) bond motifs is 2. The van der Waals surface area contributed by atoms with E-state index >= 15 is 0 Å². The molecule has 1 aromatic carbocycles. The second-order valence-electron chi connectivity index (χ2n) is 7.79. The molecule has 3 heterocycles. The summed E-state index contributed by atoms with van der Waals surface area (Å²) >= 11 is 1.83. The summed E-state index contributed by atoms with van der Waals surface area (Å²) in [7, 11) is -3.20. The van der Waals surface area contributed by atoms with Crippen molar-refractivity contribution < 1.29 is 13.5 Å². The molecule has 4 rings (SSSR count). The van der Waals surface area contributed by atoms with E-state index in [4.69, 9.17) is 0 Å². The van der Waals surface area contributed by atoms with Crippen molar-refractivity contribution in [3.05, 3.63) is 34.7 Å². The lowest BCUT2D eigenvalue weighted by atomic mass is 9.76. The molecule has 2 atom stereocenters. The minimum atomic E-state index is -3.20. The molecule has 0 bridgehead atoms. The number of rotatable bonds is 3. The van der Waals surface area contributed by atoms with Gasteiger partial charge in [-0.15, -0.1) is 11.3 Å². The van der Waals surface area contributed by atoms with Crippen molar-refractivity contribution in [2.45, 2.75) is 31.9 Å². The van der Waals surface area contributed by atoms with E-state index in [9.17, 15) is 13.5 Å². The van der Waals surface area contributed by atoms with Crippen molar-refractivity contribution in [2.24, 2.45) is 5.92 Å². The molecular weight excluding hydrogens is 368 g/mol. The predicted molar refractivity (Wildman–Crippen MR) is 106 cm³/mol. The maximum atomic E-state index is 11.9. The second-order valence-corrected chi connectivity index (χ2v) is 11.0. The number of likely N-dealkylation sites (tertiary alicyclic amines) is 1. The van der Waals surface area contributed by atoms with Gasteiger partial charge in [0.05, 0.1) is 11.9 Å². The lowest BCUT2D eigenvalue weighted by molar-refractivity contribution is -0.102. The summed E-state index contributed by atoms with van der Waals surface area (Å²) in [5.41, 5.74) is 0.649. The third-order valence-electron chi connectivity index (χ3n) is 6.07. The number of aryl methyl sites for hydroxylation is 1. The number of nitrogens with zero attached hydrogens (tertiary/aromatic N) is 2. The average Bonchev–Trinajstić information content (AvgIpc) is 2.89. The van der Waals surface area contributed by atoms with E-state index in [-0.39, 0.29) is 5.92 Å². The van der Waals surface area contributed by atoms with E-state index in [1.54, 1.807) is 0 Å². The zero-order chi connectivity index (χ0) is 18.5. The maximum Gasteiger partial charge on any atom is 0.211 e. The maximum absolute atomic E-state index is 11.9. The van der Waals surface area contributed by atoms with Crippen LogP contribution in [0.1, 0.15) is 23.3 Å². The topological polar surface area (TPSA) is 60.9 Å². The van der Waals surface area contributed by atoms with Gasteiger partial charge in [0, 0.05) is 48.2 Å². The van der Waals surface area contributed by atoms with Gasteiger partial charge in [-0.25, -0.2) is 12.7 Å². The van der Waals surface area contributed by atoms with Crippen LogP contribution in [-0.2, 0) is 16.6 Å². The summed E-state index contributed by atoms with van der Waals surface area (Å²) in [4.78, 5) is 3.72. The van der Waals surface area contributed by atoms with E-state index < -0.39 is 15.6 Å². The van der Waals surface area contributed by atoms with E-state index in [0.717, 1.165) is 26.1 Å². The number of aliphatic hydroxyl groups is 1. The lowest BCUT2D eigenvalue weighted by Crippen LogP contribution is -2.60. The minimum absolute atomic E-state index is 0.0232. The van der Waals surface area contributed by atoms with Crippen molar-refractivity contribution in [2.75, 3.05) is 32.4 Å². The number of piperidine rings is 2. The highest BCUT2D eigenvalue weighted by atomic mass is 32.2. The molecule has 142 valence electrons. The van der Waals surface area contributed by atoms with E-state index in [2.05, 4.69) is 36.1 Å². The number of hydrogen-bond donors (Lipinski definition) is 1. The first-order valence-corrected chi connectivity index (χ1v) is 11.8. The summed E-state index contributed by atoms with van der Waals surface area (Å²) in [5, 5.41) is 12.3. The molecule has 26 heavy (non-hydrogen) atoms. The highest BCUT2D eigenvalue weighted by molar-refractivity contribution is 7.88. The van der Waals surface area contributed by atoms with Gasteiger partial charge in [0.2, 0.25) is 10.0 Å². The SMILES string of the molecule is Cc1sc2ccccc2c1CN1CC[C@@]2(O)CCN(S(C)(=O)=O)C[C@H]2C1. The molecule has 0 radical (unpaired) electrons. The molecule has 1 N–H and O–H groups in total. The molecule has 0 aliphatic carbocycles. The second kappa shape index (κ2) is 6.56. The van der Waals surface area contributed by atoms with Crippen LogP contribution in [0.15, 0.2) is 24.3 Å². The first-order chi connectivity index (χ1) is 12.3.